The first-order valence-corrected chi connectivity index (χ1v) is 11.5. The fourth-order valence-electron chi connectivity index (χ4n) is 4.07. The van der Waals surface area contributed by atoms with Crippen molar-refractivity contribution in [2.24, 2.45) is 0 Å². The highest BCUT2D eigenvalue weighted by molar-refractivity contribution is 6.30. The predicted octanol–water partition coefficient (Wildman–Crippen LogP) is 5.85. The lowest BCUT2D eigenvalue weighted by Gasteiger charge is -2.32. The van der Waals surface area contributed by atoms with Gasteiger partial charge < -0.3 is 9.32 Å². The number of furan rings is 1. The Kier molecular flexibility index (Phi) is 6.94. The van der Waals surface area contributed by atoms with Crippen molar-refractivity contribution in [2.45, 2.75) is 45.8 Å². The van der Waals surface area contributed by atoms with Gasteiger partial charge in [-0.2, -0.15) is 0 Å². The maximum absolute atomic E-state index is 13.7. The zero-order chi connectivity index (χ0) is 23.4. The number of nitrogens with zero attached hydrogens (tertiary/aromatic N) is 3. The minimum atomic E-state index is -0.429. The third-order valence-corrected chi connectivity index (χ3v) is 5.91. The number of carbonyl (C=O) groups is 1. The number of hydrogen-bond donors (Lipinski definition) is 0. The van der Waals surface area contributed by atoms with Gasteiger partial charge >= 0.3 is 0 Å². The van der Waals surface area contributed by atoms with Gasteiger partial charge in [0.15, 0.2) is 0 Å². The van der Waals surface area contributed by atoms with Crippen molar-refractivity contribution in [2.75, 3.05) is 0 Å². The average Bonchev–Trinajstić information content (AvgIpc) is 3.34. The molecule has 0 saturated carbocycles. The van der Waals surface area contributed by atoms with Crippen LogP contribution < -0.4 is 5.56 Å². The topological polar surface area (TPSA) is 68.3 Å². The number of carbonyl (C=O) groups excluding carboxylic acids is 1. The standard InChI is InChI=1S/C26H26ClN3O3/c1-3-15-29-24(28-22-10-6-5-9-21(22)26(29)32)23(4-2)30(17-20-8-7-16-33-20)25(31)18-11-13-19(27)14-12-18/h5-14,16,23H,3-4,15,17H2,1-2H3. The van der Waals surface area contributed by atoms with E-state index in [0.717, 1.165) is 6.42 Å². The Morgan fingerprint density at radius 2 is 1.85 bits per heavy atom. The third kappa shape index (κ3) is 4.71. The van der Waals surface area contributed by atoms with Crippen LogP contribution in [0.1, 0.15) is 54.7 Å². The summed E-state index contributed by atoms with van der Waals surface area (Å²) in [7, 11) is 0. The molecule has 4 rings (SSSR count). The van der Waals surface area contributed by atoms with E-state index < -0.39 is 6.04 Å². The van der Waals surface area contributed by atoms with Crippen LogP contribution in [0.4, 0.5) is 0 Å². The first-order valence-electron chi connectivity index (χ1n) is 11.1. The second kappa shape index (κ2) is 10.0. The Balaban J connectivity index is 1.87. The van der Waals surface area contributed by atoms with Crippen LogP contribution >= 0.6 is 11.6 Å². The molecule has 1 unspecified atom stereocenters. The molecule has 6 nitrogen and oxygen atoms in total. The molecule has 0 aliphatic rings. The molecule has 33 heavy (non-hydrogen) atoms. The first kappa shape index (κ1) is 22.8. The molecule has 0 radical (unpaired) electrons. The van der Waals surface area contributed by atoms with Crippen LogP contribution in [-0.4, -0.2) is 20.4 Å². The molecule has 2 aromatic carbocycles. The SMILES string of the molecule is CCCn1c(C(CC)N(Cc2ccco2)C(=O)c2ccc(Cl)cc2)nc2ccccc2c1=O. The molecule has 1 amide bonds. The van der Waals surface area contributed by atoms with Crippen LogP contribution in [0.3, 0.4) is 0 Å². The van der Waals surface area contributed by atoms with Crippen LogP contribution in [0, 0.1) is 0 Å². The van der Waals surface area contributed by atoms with Crippen molar-refractivity contribution in [3.8, 4) is 0 Å². The Morgan fingerprint density at radius 3 is 2.52 bits per heavy atom. The lowest BCUT2D eigenvalue weighted by atomic mass is 10.1. The molecule has 0 saturated heterocycles. The van der Waals surface area contributed by atoms with Crippen molar-refractivity contribution in [3.63, 3.8) is 0 Å². The molecule has 2 heterocycles. The van der Waals surface area contributed by atoms with E-state index in [0.29, 0.717) is 46.0 Å². The van der Waals surface area contributed by atoms with Gasteiger partial charge in [0.1, 0.15) is 11.6 Å². The molecule has 1 atom stereocenters. The van der Waals surface area contributed by atoms with E-state index in [4.69, 9.17) is 21.0 Å². The molecule has 170 valence electrons. The van der Waals surface area contributed by atoms with Crippen LogP contribution in [-0.2, 0) is 13.1 Å². The summed E-state index contributed by atoms with van der Waals surface area (Å²) in [5.41, 5.74) is 1.04. The van der Waals surface area contributed by atoms with E-state index in [-0.39, 0.29) is 18.0 Å². The fraction of sp³-hybridized carbons (Fsp3) is 0.269. The third-order valence-electron chi connectivity index (χ3n) is 5.66. The smallest absolute Gasteiger partial charge is 0.261 e. The highest BCUT2D eigenvalue weighted by Gasteiger charge is 2.30. The minimum Gasteiger partial charge on any atom is -0.467 e. The van der Waals surface area contributed by atoms with Crippen molar-refractivity contribution in [1.82, 2.24) is 14.5 Å². The number of rotatable bonds is 8. The summed E-state index contributed by atoms with van der Waals surface area (Å²) in [6, 6.07) is 17.3. The van der Waals surface area contributed by atoms with Gasteiger partial charge in [-0.3, -0.25) is 14.2 Å². The highest BCUT2D eigenvalue weighted by atomic mass is 35.5. The Morgan fingerprint density at radius 1 is 1.09 bits per heavy atom. The first-order chi connectivity index (χ1) is 16.0. The second-order valence-electron chi connectivity index (χ2n) is 7.89. The average molecular weight is 464 g/mol. The molecule has 7 heteroatoms. The summed E-state index contributed by atoms with van der Waals surface area (Å²) >= 11 is 6.04. The molecule has 0 bridgehead atoms. The monoisotopic (exact) mass is 463 g/mol. The van der Waals surface area contributed by atoms with Gasteiger partial charge in [0.25, 0.3) is 11.5 Å². The highest BCUT2D eigenvalue weighted by Crippen LogP contribution is 2.28. The lowest BCUT2D eigenvalue weighted by molar-refractivity contribution is 0.0621. The molecular formula is C26H26ClN3O3. The van der Waals surface area contributed by atoms with E-state index in [1.54, 1.807) is 52.1 Å². The number of halogens is 1. The van der Waals surface area contributed by atoms with Crippen molar-refractivity contribution in [1.29, 1.82) is 0 Å². The van der Waals surface area contributed by atoms with E-state index in [2.05, 4.69) is 0 Å². The summed E-state index contributed by atoms with van der Waals surface area (Å²) in [6.07, 6.45) is 2.93. The quantitative estimate of drug-likeness (QED) is 0.329. The molecule has 0 spiro atoms. The van der Waals surface area contributed by atoms with Crippen LogP contribution in [0.2, 0.25) is 5.02 Å². The van der Waals surface area contributed by atoms with Gasteiger partial charge in [0, 0.05) is 17.1 Å². The molecule has 0 fully saturated rings. The van der Waals surface area contributed by atoms with Crippen LogP contribution in [0.25, 0.3) is 10.9 Å². The number of aromatic nitrogens is 2. The maximum Gasteiger partial charge on any atom is 0.261 e. The van der Waals surface area contributed by atoms with E-state index in [9.17, 15) is 9.59 Å². The zero-order valence-electron chi connectivity index (χ0n) is 18.7. The summed E-state index contributed by atoms with van der Waals surface area (Å²) < 4.78 is 7.28. The molecular weight excluding hydrogens is 438 g/mol. The van der Waals surface area contributed by atoms with Gasteiger partial charge in [-0.15, -0.1) is 0 Å². The van der Waals surface area contributed by atoms with E-state index in [1.165, 1.54) is 0 Å². The minimum absolute atomic E-state index is 0.0900. The molecule has 0 aliphatic carbocycles. The number of hydrogen-bond acceptors (Lipinski definition) is 4. The summed E-state index contributed by atoms with van der Waals surface area (Å²) in [6.45, 7) is 4.78. The van der Waals surface area contributed by atoms with Crippen molar-refractivity contribution in [3.05, 3.63) is 99.5 Å². The normalized spacial score (nSPS) is 12.1. The van der Waals surface area contributed by atoms with Gasteiger partial charge in [-0.1, -0.05) is 37.6 Å². The maximum atomic E-state index is 13.7. The number of fused-ring (bicyclic) bond motifs is 1. The van der Waals surface area contributed by atoms with Gasteiger partial charge in [0.05, 0.1) is 29.8 Å². The Bertz CT molecular complexity index is 1300. The van der Waals surface area contributed by atoms with Gasteiger partial charge in [-0.05, 0) is 61.4 Å². The predicted molar refractivity (Wildman–Crippen MR) is 129 cm³/mol. The number of benzene rings is 2. The largest absolute Gasteiger partial charge is 0.467 e. The lowest BCUT2D eigenvalue weighted by Crippen LogP contribution is -2.38. The molecule has 2 aromatic heterocycles. The molecule has 0 N–H and O–H groups in total. The van der Waals surface area contributed by atoms with Crippen molar-refractivity contribution >= 4 is 28.4 Å². The zero-order valence-corrected chi connectivity index (χ0v) is 19.5. The fourth-order valence-corrected chi connectivity index (χ4v) is 4.20. The van der Waals surface area contributed by atoms with Crippen LogP contribution in [0.15, 0.2) is 76.1 Å². The summed E-state index contributed by atoms with van der Waals surface area (Å²) in [5.74, 6) is 1.05. The molecule has 4 aromatic rings. The van der Waals surface area contributed by atoms with E-state index >= 15 is 0 Å². The summed E-state index contributed by atoms with van der Waals surface area (Å²) in [4.78, 5) is 33.7. The van der Waals surface area contributed by atoms with E-state index in [1.807, 2.05) is 38.1 Å². The van der Waals surface area contributed by atoms with Crippen molar-refractivity contribution < 1.29 is 9.21 Å². The second-order valence-corrected chi connectivity index (χ2v) is 8.32. The Hall–Kier alpha value is -3.38. The van der Waals surface area contributed by atoms with Gasteiger partial charge in [0.2, 0.25) is 0 Å². The number of para-hydroxylation sites is 1. The molecule has 0 aliphatic heterocycles. The van der Waals surface area contributed by atoms with Gasteiger partial charge in [-0.25, -0.2) is 4.98 Å². The van der Waals surface area contributed by atoms with Crippen LogP contribution in [0.5, 0.6) is 0 Å². The summed E-state index contributed by atoms with van der Waals surface area (Å²) in [5, 5.41) is 1.13. The Labute approximate surface area is 197 Å². The number of amides is 1.